The first-order valence-electron chi connectivity index (χ1n) is 10.3. The van der Waals surface area contributed by atoms with Crippen molar-refractivity contribution < 1.29 is 4.79 Å². The molecule has 0 aliphatic carbocycles. The number of hydrogen-bond donors (Lipinski definition) is 0. The molecule has 3 aromatic carbocycles. The summed E-state index contributed by atoms with van der Waals surface area (Å²) in [6.07, 6.45) is 2.08. The summed E-state index contributed by atoms with van der Waals surface area (Å²) in [7, 11) is 0. The lowest BCUT2D eigenvalue weighted by molar-refractivity contribution is 0.0725. The molecule has 0 saturated heterocycles. The molecule has 3 nitrogen and oxygen atoms in total. The summed E-state index contributed by atoms with van der Waals surface area (Å²) < 4.78 is 2.22. The van der Waals surface area contributed by atoms with Gasteiger partial charge in [-0.15, -0.1) is 0 Å². The van der Waals surface area contributed by atoms with E-state index in [1.54, 1.807) is 0 Å². The van der Waals surface area contributed by atoms with Crippen LogP contribution in [0.2, 0.25) is 0 Å². The van der Waals surface area contributed by atoms with Crippen molar-refractivity contribution in [3.8, 4) is 0 Å². The monoisotopic (exact) mass is 394 g/mol. The molecule has 0 saturated carbocycles. The second-order valence-electron chi connectivity index (χ2n) is 7.57. The maximum absolute atomic E-state index is 13.5. The van der Waals surface area contributed by atoms with Crippen LogP contribution in [0, 0.1) is 6.92 Å². The van der Waals surface area contributed by atoms with Crippen LogP contribution in [0.4, 0.5) is 0 Å². The molecular formula is C27H26N2O. The number of rotatable bonds is 7. The molecule has 0 bridgehead atoms. The van der Waals surface area contributed by atoms with Crippen molar-refractivity contribution in [2.45, 2.75) is 26.6 Å². The average molecular weight is 395 g/mol. The van der Waals surface area contributed by atoms with Crippen LogP contribution < -0.4 is 0 Å². The number of aryl methyl sites for hydroxylation is 1. The fraction of sp³-hybridized carbons (Fsp3) is 0.148. The van der Waals surface area contributed by atoms with Crippen molar-refractivity contribution in [3.63, 3.8) is 0 Å². The first kappa shape index (κ1) is 19.7. The number of benzene rings is 3. The molecule has 1 aromatic heterocycles. The van der Waals surface area contributed by atoms with Crippen molar-refractivity contribution in [1.82, 2.24) is 9.47 Å². The second-order valence-corrected chi connectivity index (χ2v) is 7.57. The standard InChI is InChI=1S/C27H26N2O/c1-22-11-8-9-17-26(22)27(30)29(20-24-14-6-3-7-15-24)21-25-16-10-18-28(25)19-23-12-4-2-5-13-23/h2-18H,19-21H2,1H3. The summed E-state index contributed by atoms with van der Waals surface area (Å²) in [4.78, 5) is 15.4. The number of amides is 1. The first-order chi connectivity index (χ1) is 14.7. The molecule has 0 aliphatic rings. The highest BCUT2D eigenvalue weighted by Crippen LogP contribution is 2.18. The van der Waals surface area contributed by atoms with E-state index in [9.17, 15) is 4.79 Å². The van der Waals surface area contributed by atoms with Gasteiger partial charge in [0.25, 0.3) is 5.91 Å². The Balaban J connectivity index is 1.61. The summed E-state index contributed by atoms with van der Waals surface area (Å²) >= 11 is 0. The molecule has 1 heterocycles. The van der Waals surface area contributed by atoms with Crippen LogP contribution in [0.3, 0.4) is 0 Å². The fourth-order valence-corrected chi connectivity index (χ4v) is 3.71. The van der Waals surface area contributed by atoms with Gasteiger partial charge >= 0.3 is 0 Å². The number of carbonyl (C=O) groups is 1. The van der Waals surface area contributed by atoms with E-state index in [1.807, 2.05) is 60.4 Å². The third kappa shape index (κ3) is 4.69. The Labute approximate surface area is 178 Å². The Hall–Kier alpha value is -3.59. The smallest absolute Gasteiger partial charge is 0.254 e. The lowest BCUT2D eigenvalue weighted by atomic mass is 10.1. The molecule has 0 unspecified atom stereocenters. The molecule has 1 amide bonds. The largest absolute Gasteiger partial charge is 0.345 e. The highest BCUT2D eigenvalue weighted by Gasteiger charge is 2.19. The van der Waals surface area contributed by atoms with Crippen molar-refractivity contribution in [3.05, 3.63) is 131 Å². The first-order valence-corrected chi connectivity index (χ1v) is 10.3. The van der Waals surface area contributed by atoms with Gasteiger partial charge in [0.05, 0.1) is 6.54 Å². The molecule has 0 radical (unpaired) electrons. The second kappa shape index (κ2) is 9.27. The lowest BCUT2D eigenvalue weighted by Gasteiger charge is -2.25. The van der Waals surface area contributed by atoms with Gasteiger partial charge in [0.1, 0.15) is 0 Å². The molecule has 4 rings (SSSR count). The van der Waals surface area contributed by atoms with Gasteiger partial charge in [-0.1, -0.05) is 78.9 Å². The third-order valence-corrected chi connectivity index (χ3v) is 5.35. The molecule has 0 atom stereocenters. The molecule has 3 heteroatoms. The number of nitrogens with zero attached hydrogens (tertiary/aromatic N) is 2. The van der Waals surface area contributed by atoms with E-state index in [0.717, 1.165) is 28.9 Å². The maximum atomic E-state index is 13.5. The highest BCUT2D eigenvalue weighted by atomic mass is 16.2. The summed E-state index contributed by atoms with van der Waals surface area (Å²) in [6.45, 7) is 3.92. The van der Waals surface area contributed by atoms with E-state index in [0.29, 0.717) is 13.1 Å². The van der Waals surface area contributed by atoms with Gasteiger partial charge in [0.15, 0.2) is 0 Å². The predicted octanol–water partition coefficient (Wildman–Crippen LogP) is 5.69. The van der Waals surface area contributed by atoms with Crippen LogP contribution >= 0.6 is 0 Å². The average Bonchev–Trinajstić information content (AvgIpc) is 3.21. The Morgan fingerprint density at radius 3 is 2.07 bits per heavy atom. The van der Waals surface area contributed by atoms with Crippen molar-refractivity contribution in [1.29, 1.82) is 0 Å². The minimum Gasteiger partial charge on any atom is -0.345 e. The maximum Gasteiger partial charge on any atom is 0.254 e. The lowest BCUT2D eigenvalue weighted by Crippen LogP contribution is -2.31. The topological polar surface area (TPSA) is 25.2 Å². The van der Waals surface area contributed by atoms with E-state index in [1.165, 1.54) is 5.56 Å². The summed E-state index contributed by atoms with van der Waals surface area (Å²) in [5, 5.41) is 0. The van der Waals surface area contributed by atoms with E-state index >= 15 is 0 Å². The van der Waals surface area contributed by atoms with E-state index in [4.69, 9.17) is 0 Å². The van der Waals surface area contributed by atoms with Crippen LogP contribution in [-0.2, 0) is 19.6 Å². The third-order valence-electron chi connectivity index (χ3n) is 5.35. The Kier molecular flexibility index (Phi) is 6.09. The minimum absolute atomic E-state index is 0.0596. The Bertz CT molecular complexity index is 1100. The number of carbonyl (C=O) groups excluding carboxylic acids is 1. The molecule has 0 aliphatic heterocycles. The zero-order valence-electron chi connectivity index (χ0n) is 17.2. The molecule has 0 fully saturated rings. The van der Waals surface area contributed by atoms with Gasteiger partial charge < -0.3 is 9.47 Å². The summed E-state index contributed by atoms with van der Waals surface area (Å²) in [5.74, 6) is 0.0596. The molecule has 150 valence electrons. The number of aromatic nitrogens is 1. The molecule has 30 heavy (non-hydrogen) atoms. The number of hydrogen-bond acceptors (Lipinski definition) is 1. The zero-order chi connectivity index (χ0) is 20.8. The van der Waals surface area contributed by atoms with Gasteiger partial charge in [-0.05, 0) is 41.8 Å². The van der Waals surface area contributed by atoms with Crippen molar-refractivity contribution >= 4 is 5.91 Å². The Morgan fingerprint density at radius 1 is 0.733 bits per heavy atom. The van der Waals surface area contributed by atoms with Crippen LogP contribution in [0.5, 0.6) is 0 Å². The van der Waals surface area contributed by atoms with Crippen LogP contribution in [-0.4, -0.2) is 15.4 Å². The van der Waals surface area contributed by atoms with E-state index in [2.05, 4.69) is 59.3 Å². The predicted molar refractivity (Wildman–Crippen MR) is 121 cm³/mol. The van der Waals surface area contributed by atoms with E-state index < -0.39 is 0 Å². The van der Waals surface area contributed by atoms with Gasteiger partial charge in [-0.2, -0.15) is 0 Å². The fourth-order valence-electron chi connectivity index (χ4n) is 3.71. The minimum atomic E-state index is 0.0596. The normalized spacial score (nSPS) is 10.7. The van der Waals surface area contributed by atoms with Gasteiger partial charge in [-0.3, -0.25) is 4.79 Å². The van der Waals surface area contributed by atoms with E-state index in [-0.39, 0.29) is 5.91 Å². The summed E-state index contributed by atoms with van der Waals surface area (Å²) in [6, 6.07) is 32.5. The zero-order valence-corrected chi connectivity index (χ0v) is 17.2. The molecule has 0 N–H and O–H groups in total. The Morgan fingerprint density at radius 2 is 1.37 bits per heavy atom. The SMILES string of the molecule is Cc1ccccc1C(=O)N(Cc1ccccc1)Cc1cccn1Cc1ccccc1. The summed E-state index contributed by atoms with van der Waals surface area (Å²) in [5.41, 5.74) is 5.25. The molecule has 4 aromatic rings. The van der Waals surface area contributed by atoms with Crippen LogP contribution in [0.25, 0.3) is 0 Å². The van der Waals surface area contributed by atoms with Crippen LogP contribution in [0.15, 0.2) is 103 Å². The van der Waals surface area contributed by atoms with Gasteiger partial charge in [-0.25, -0.2) is 0 Å². The van der Waals surface area contributed by atoms with Crippen LogP contribution in [0.1, 0.15) is 32.7 Å². The highest BCUT2D eigenvalue weighted by molar-refractivity contribution is 5.95. The van der Waals surface area contributed by atoms with Crippen molar-refractivity contribution in [2.75, 3.05) is 0 Å². The van der Waals surface area contributed by atoms with Crippen molar-refractivity contribution in [2.24, 2.45) is 0 Å². The molecule has 0 spiro atoms. The quantitative estimate of drug-likeness (QED) is 0.395. The molecular weight excluding hydrogens is 368 g/mol. The van der Waals surface area contributed by atoms with Gasteiger partial charge in [0.2, 0.25) is 0 Å². The van der Waals surface area contributed by atoms with Gasteiger partial charge in [0, 0.05) is 30.5 Å².